The van der Waals surface area contributed by atoms with Crippen LogP contribution in [-0.4, -0.2) is 56.9 Å². The van der Waals surface area contributed by atoms with E-state index in [9.17, 15) is 4.79 Å². The van der Waals surface area contributed by atoms with Crippen LogP contribution in [0.1, 0.15) is 31.4 Å². The molecule has 3 aromatic carbocycles. The highest BCUT2D eigenvalue weighted by Crippen LogP contribution is 2.28. The molecule has 1 aliphatic heterocycles. The predicted octanol–water partition coefficient (Wildman–Crippen LogP) is 6.12. The molecule has 8 nitrogen and oxygen atoms in total. The third kappa shape index (κ3) is 5.50. The molecule has 0 unspecified atom stereocenters. The van der Waals surface area contributed by atoms with Crippen LogP contribution in [0.3, 0.4) is 0 Å². The van der Waals surface area contributed by atoms with Crippen LogP contribution in [0.2, 0.25) is 0 Å². The maximum absolute atomic E-state index is 13.6. The average molecular weight is 560 g/mol. The van der Waals surface area contributed by atoms with Crippen molar-refractivity contribution in [3.8, 4) is 16.9 Å². The summed E-state index contributed by atoms with van der Waals surface area (Å²) >= 11 is 0. The van der Waals surface area contributed by atoms with Crippen LogP contribution in [0.25, 0.3) is 27.8 Å². The van der Waals surface area contributed by atoms with Crippen LogP contribution in [-0.2, 0) is 0 Å². The molecule has 1 saturated heterocycles. The molecular weight excluding hydrogens is 522 g/mol. The van der Waals surface area contributed by atoms with Crippen LogP contribution < -0.4 is 15.8 Å². The second kappa shape index (κ2) is 11.7. The lowest BCUT2D eigenvalue weighted by atomic mass is 10.1. The van der Waals surface area contributed by atoms with Gasteiger partial charge in [0.1, 0.15) is 11.2 Å². The third-order valence-corrected chi connectivity index (χ3v) is 8.08. The van der Waals surface area contributed by atoms with E-state index in [0.717, 1.165) is 55.1 Å². The monoisotopic (exact) mass is 559 g/mol. The molecule has 1 fully saturated rings. The number of rotatable bonds is 6. The Morgan fingerprint density at radius 3 is 2.38 bits per heavy atom. The number of nitrogens with zero attached hydrogens (tertiary/aromatic N) is 6. The van der Waals surface area contributed by atoms with Gasteiger partial charge in [0.05, 0.1) is 11.1 Å². The first-order chi connectivity index (χ1) is 20.4. The molecule has 6 rings (SSSR count). The Balaban J connectivity index is 1.35. The van der Waals surface area contributed by atoms with Gasteiger partial charge in [-0.25, -0.2) is 9.97 Å². The van der Waals surface area contributed by atoms with E-state index in [1.165, 1.54) is 15.9 Å². The van der Waals surface area contributed by atoms with Gasteiger partial charge in [0, 0.05) is 55.4 Å². The minimum Gasteiger partial charge on any atom is -0.370 e. The van der Waals surface area contributed by atoms with Gasteiger partial charge in [-0.1, -0.05) is 48.5 Å². The number of fused-ring (bicyclic) bond motifs is 1. The molecule has 0 atom stereocenters. The van der Waals surface area contributed by atoms with E-state index in [4.69, 9.17) is 10.1 Å². The van der Waals surface area contributed by atoms with Crippen LogP contribution in [0, 0.1) is 13.8 Å². The quantitative estimate of drug-likeness (QED) is 0.268. The Bertz CT molecular complexity index is 1780. The Hall–Kier alpha value is -4.56. The molecule has 2 aromatic heterocycles. The first kappa shape index (κ1) is 27.6. The summed E-state index contributed by atoms with van der Waals surface area (Å²) in [4.78, 5) is 28.1. The van der Waals surface area contributed by atoms with E-state index in [-0.39, 0.29) is 5.56 Å². The highest BCUT2D eigenvalue weighted by atomic mass is 16.1. The fraction of sp³-hybridized carbons (Fsp3) is 0.294. The summed E-state index contributed by atoms with van der Waals surface area (Å²) in [7, 11) is 0. The standard InChI is InChI=1S/C34H37N7O/c1-23(2)39-17-10-18-40(20-19-39)29-16-15-27(21-25(29)4)36-34-35-22-28-32(37-34)31(26-12-6-5-7-13-26)38-41(33(28)42)30-14-9-8-11-24(30)3/h5-9,11-16,21-23H,10,17-20H2,1-4H3,(H,35,36,37). The van der Waals surface area contributed by atoms with Gasteiger partial charge in [0.2, 0.25) is 5.95 Å². The van der Waals surface area contributed by atoms with E-state index < -0.39 is 0 Å². The van der Waals surface area contributed by atoms with Gasteiger partial charge in [-0.15, -0.1) is 0 Å². The fourth-order valence-corrected chi connectivity index (χ4v) is 5.75. The Morgan fingerprint density at radius 1 is 0.833 bits per heavy atom. The first-order valence-corrected chi connectivity index (χ1v) is 14.7. The molecule has 5 aromatic rings. The minimum atomic E-state index is -0.251. The number of anilines is 3. The summed E-state index contributed by atoms with van der Waals surface area (Å²) in [6, 6.07) is 24.5. The number of benzene rings is 3. The van der Waals surface area contributed by atoms with Gasteiger partial charge in [-0.3, -0.25) is 9.69 Å². The van der Waals surface area contributed by atoms with Crippen molar-refractivity contribution < 1.29 is 0 Å². The fourth-order valence-electron chi connectivity index (χ4n) is 5.75. The smallest absolute Gasteiger partial charge is 0.282 e. The molecule has 0 radical (unpaired) electrons. The van der Waals surface area contributed by atoms with Gasteiger partial charge in [-0.2, -0.15) is 9.78 Å². The molecule has 3 heterocycles. The van der Waals surface area contributed by atoms with E-state index in [1.807, 2.05) is 61.5 Å². The largest absolute Gasteiger partial charge is 0.370 e. The second-order valence-electron chi connectivity index (χ2n) is 11.3. The maximum atomic E-state index is 13.6. The molecule has 0 spiro atoms. The van der Waals surface area contributed by atoms with Gasteiger partial charge < -0.3 is 10.2 Å². The van der Waals surface area contributed by atoms with Gasteiger partial charge >= 0.3 is 0 Å². The number of para-hydroxylation sites is 1. The van der Waals surface area contributed by atoms with Gasteiger partial charge in [0.15, 0.2) is 0 Å². The van der Waals surface area contributed by atoms with Crippen molar-refractivity contribution in [1.82, 2.24) is 24.6 Å². The molecule has 0 amide bonds. The number of hydrogen-bond acceptors (Lipinski definition) is 7. The molecule has 8 heteroatoms. The molecule has 1 N–H and O–H groups in total. The minimum absolute atomic E-state index is 0.251. The lowest BCUT2D eigenvalue weighted by molar-refractivity contribution is 0.238. The van der Waals surface area contributed by atoms with E-state index in [1.54, 1.807) is 6.20 Å². The maximum Gasteiger partial charge on any atom is 0.282 e. The highest BCUT2D eigenvalue weighted by molar-refractivity contribution is 5.91. The number of aromatic nitrogens is 4. The van der Waals surface area contributed by atoms with Crippen LogP contribution >= 0.6 is 0 Å². The van der Waals surface area contributed by atoms with Crippen LogP contribution in [0.15, 0.2) is 83.8 Å². The number of nitrogens with one attached hydrogen (secondary N) is 1. The zero-order chi connectivity index (χ0) is 29.2. The van der Waals surface area contributed by atoms with Gasteiger partial charge in [-0.05, 0) is 69.5 Å². The van der Waals surface area contributed by atoms with Gasteiger partial charge in [0.25, 0.3) is 5.56 Å². The van der Waals surface area contributed by atoms with Crippen molar-refractivity contribution in [3.63, 3.8) is 0 Å². The third-order valence-electron chi connectivity index (χ3n) is 8.08. The van der Waals surface area contributed by atoms with Crippen molar-refractivity contribution in [2.45, 2.75) is 40.2 Å². The summed E-state index contributed by atoms with van der Waals surface area (Å²) in [5, 5.41) is 8.62. The normalized spacial score (nSPS) is 14.4. The van der Waals surface area contributed by atoms with Crippen molar-refractivity contribution in [1.29, 1.82) is 0 Å². The number of aryl methyl sites for hydroxylation is 2. The average Bonchev–Trinajstić information content (AvgIpc) is 3.25. The van der Waals surface area contributed by atoms with E-state index >= 15 is 0 Å². The SMILES string of the molecule is Cc1cc(Nc2ncc3c(=O)n(-c4ccccc4C)nc(-c4ccccc4)c3n2)ccc1N1CCCN(C(C)C)CC1. The Morgan fingerprint density at radius 2 is 1.62 bits per heavy atom. The van der Waals surface area contributed by atoms with Crippen molar-refractivity contribution in [2.24, 2.45) is 0 Å². The predicted molar refractivity (Wildman–Crippen MR) is 171 cm³/mol. The lowest BCUT2D eigenvalue weighted by Crippen LogP contribution is -2.35. The topological polar surface area (TPSA) is 79.2 Å². The van der Waals surface area contributed by atoms with Crippen molar-refractivity contribution >= 4 is 28.2 Å². The number of hydrogen-bond donors (Lipinski definition) is 1. The zero-order valence-corrected chi connectivity index (χ0v) is 24.7. The molecule has 0 saturated carbocycles. The second-order valence-corrected chi connectivity index (χ2v) is 11.3. The molecule has 0 aliphatic carbocycles. The van der Waals surface area contributed by atoms with Crippen LogP contribution in [0.5, 0.6) is 0 Å². The molecule has 42 heavy (non-hydrogen) atoms. The van der Waals surface area contributed by atoms with E-state index in [0.29, 0.717) is 28.6 Å². The summed E-state index contributed by atoms with van der Waals surface area (Å²) in [6.07, 6.45) is 2.76. The summed E-state index contributed by atoms with van der Waals surface area (Å²) < 4.78 is 1.46. The molecular formula is C34H37N7O. The van der Waals surface area contributed by atoms with E-state index in [2.05, 4.69) is 59.1 Å². The Kier molecular flexibility index (Phi) is 7.71. The highest BCUT2D eigenvalue weighted by Gasteiger charge is 2.19. The van der Waals surface area contributed by atoms with Crippen LogP contribution in [0.4, 0.5) is 17.3 Å². The molecule has 1 aliphatic rings. The summed E-state index contributed by atoms with van der Waals surface area (Å²) in [5.74, 6) is 0.420. The summed E-state index contributed by atoms with van der Waals surface area (Å²) in [6.45, 7) is 13.0. The first-order valence-electron chi connectivity index (χ1n) is 14.7. The van der Waals surface area contributed by atoms with Crippen molar-refractivity contribution in [3.05, 3.63) is 100 Å². The molecule has 0 bridgehead atoms. The zero-order valence-electron chi connectivity index (χ0n) is 24.7. The lowest BCUT2D eigenvalue weighted by Gasteiger charge is -2.27. The van der Waals surface area contributed by atoms with Crippen molar-refractivity contribution in [2.75, 3.05) is 36.4 Å². The molecule has 214 valence electrons. The summed E-state index contributed by atoms with van der Waals surface area (Å²) in [5.41, 5.74) is 6.83. The Labute approximate surface area is 246 Å².